The quantitative estimate of drug-likeness (QED) is 0.867. The molecule has 0 radical (unpaired) electrons. The van der Waals surface area contributed by atoms with Crippen molar-refractivity contribution in [3.8, 4) is 0 Å². The predicted octanol–water partition coefficient (Wildman–Crippen LogP) is 2.52. The van der Waals surface area contributed by atoms with E-state index in [4.69, 9.17) is 4.74 Å². The van der Waals surface area contributed by atoms with Gasteiger partial charge in [-0.15, -0.1) is 0 Å². The summed E-state index contributed by atoms with van der Waals surface area (Å²) in [6.07, 6.45) is 0. The fourth-order valence-electron chi connectivity index (χ4n) is 2.70. The molecule has 6 nitrogen and oxygen atoms in total. The summed E-state index contributed by atoms with van der Waals surface area (Å²) in [5.41, 5.74) is 3.35. The second-order valence-electron chi connectivity index (χ2n) is 6.25. The first-order valence-electron chi connectivity index (χ1n) is 8.69. The van der Waals surface area contributed by atoms with Crippen LogP contribution in [0.4, 0.5) is 11.4 Å². The molecule has 0 saturated carbocycles. The molecule has 3 rings (SSSR count). The molecule has 136 valence electrons. The lowest BCUT2D eigenvalue weighted by molar-refractivity contribution is -0.114. The number of amides is 2. The maximum absolute atomic E-state index is 12.4. The minimum atomic E-state index is -0.141. The van der Waals surface area contributed by atoms with E-state index in [1.807, 2.05) is 31.2 Å². The summed E-state index contributed by atoms with van der Waals surface area (Å²) in [5.74, 6) is -0.148. The highest BCUT2D eigenvalue weighted by Gasteiger charge is 2.18. The van der Waals surface area contributed by atoms with E-state index in [0.717, 1.165) is 5.69 Å². The van der Waals surface area contributed by atoms with E-state index < -0.39 is 0 Å². The topological polar surface area (TPSA) is 70.7 Å². The normalized spacial score (nSPS) is 14.0. The second-order valence-corrected chi connectivity index (χ2v) is 6.25. The van der Waals surface area contributed by atoms with Crippen LogP contribution in [0.1, 0.15) is 15.9 Å². The molecule has 2 aromatic carbocycles. The zero-order valence-corrected chi connectivity index (χ0v) is 14.8. The summed E-state index contributed by atoms with van der Waals surface area (Å²) >= 11 is 0. The minimum absolute atomic E-state index is 0.00721. The van der Waals surface area contributed by atoms with Crippen LogP contribution in [0.2, 0.25) is 0 Å². The van der Waals surface area contributed by atoms with Crippen molar-refractivity contribution in [2.75, 3.05) is 43.5 Å². The van der Waals surface area contributed by atoms with E-state index in [2.05, 4.69) is 10.6 Å². The standard InChI is InChI=1S/C20H23N3O3/c1-15-2-6-17(7-3-15)21-14-19(24)22-18-8-4-16(5-9-18)20(25)23-10-12-26-13-11-23/h2-9,21H,10-14H2,1H3,(H,22,24). The Hall–Kier alpha value is -2.86. The van der Waals surface area contributed by atoms with Gasteiger partial charge in [-0.25, -0.2) is 0 Å². The van der Waals surface area contributed by atoms with E-state index in [1.165, 1.54) is 5.56 Å². The molecule has 1 heterocycles. The Morgan fingerprint density at radius 2 is 1.58 bits per heavy atom. The summed E-state index contributed by atoms with van der Waals surface area (Å²) in [6.45, 7) is 4.58. The Balaban J connectivity index is 1.50. The van der Waals surface area contributed by atoms with Crippen LogP contribution < -0.4 is 10.6 Å². The van der Waals surface area contributed by atoms with E-state index in [9.17, 15) is 9.59 Å². The van der Waals surface area contributed by atoms with Crippen molar-refractivity contribution in [1.29, 1.82) is 0 Å². The van der Waals surface area contributed by atoms with Gasteiger partial charge in [0.25, 0.3) is 5.91 Å². The number of hydrogen-bond donors (Lipinski definition) is 2. The first-order chi connectivity index (χ1) is 12.6. The molecule has 2 amide bonds. The highest BCUT2D eigenvalue weighted by molar-refractivity contribution is 5.96. The monoisotopic (exact) mass is 353 g/mol. The van der Waals surface area contributed by atoms with Crippen LogP contribution in [-0.4, -0.2) is 49.6 Å². The SMILES string of the molecule is Cc1ccc(NCC(=O)Nc2ccc(C(=O)N3CCOCC3)cc2)cc1. The molecular formula is C20H23N3O3. The van der Waals surface area contributed by atoms with Gasteiger partial charge >= 0.3 is 0 Å². The Kier molecular flexibility index (Phi) is 5.86. The number of aryl methyl sites for hydroxylation is 1. The zero-order valence-electron chi connectivity index (χ0n) is 14.8. The van der Waals surface area contributed by atoms with Crippen LogP contribution >= 0.6 is 0 Å². The van der Waals surface area contributed by atoms with Crippen molar-refractivity contribution in [2.24, 2.45) is 0 Å². The molecule has 2 N–H and O–H groups in total. The lowest BCUT2D eigenvalue weighted by Crippen LogP contribution is -2.40. The van der Waals surface area contributed by atoms with Gasteiger partial charge in [0.15, 0.2) is 0 Å². The molecule has 0 unspecified atom stereocenters. The number of carbonyl (C=O) groups is 2. The third kappa shape index (κ3) is 4.83. The third-order valence-corrected chi connectivity index (χ3v) is 4.22. The van der Waals surface area contributed by atoms with Gasteiger partial charge in [-0.1, -0.05) is 17.7 Å². The smallest absolute Gasteiger partial charge is 0.254 e. The number of carbonyl (C=O) groups excluding carboxylic acids is 2. The lowest BCUT2D eigenvalue weighted by Gasteiger charge is -2.26. The van der Waals surface area contributed by atoms with Crippen LogP contribution in [0.3, 0.4) is 0 Å². The Labute approximate surface area is 153 Å². The lowest BCUT2D eigenvalue weighted by atomic mass is 10.1. The van der Waals surface area contributed by atoms with E-state index in [0.29, 0.717) is 37.6 Å². The molecule has 6 heteroatoms. The summed E-state index contributed by atoms with van der Waals surface area (Å²) in [7, 11) is 0. The number of nitrogens with zero attached hydrogens (tertiary/aromatic N) is 1. The first-order valence-corrected chi connectivity index (χ1v) is 8.69. The summed E-state index contributed by atoms with van der Waals surface area (Å²) in [4.78, 5) is 26.2. The van der Waals surface area contributed by atoms with Crippen LogP contribution in [0.5, 0.6) is 0 Å². The molecule has 1 fully saturated rings. The molecule has 0 bridgehead atoms. The zero-order chi connectivity index (χ0) is 18.4. The van der Waals surface area contributed by atoms with Crippen molar-refractivity contribution < 1.29 is 14.3 Å². The number of hydrogen-bond acceptors (Lipinski definition) is 4. The first kappa shape index (κ1) is 17.9. The molecule has 1 aliphatic rings. The highest BCUT2D eigenvalue weighted by atomic mass is 16.5. The number of nitrogens with one attached hydrogen (secondary N) is 2. The molecular weight excluding hydrogens is 330 g/mol. The molecule has 2 aromatic rings. The van der Waals surface area contributed by atoms with Gasteiger partial charge in [-0.2, -0.15) is 0 Å². The third-order valence-electron chi connectivity index (χ3n) is 4.22. The fourth-order valence-corrected chi connectivity index (χ4v) is 2.70. The van der Waals surface area contributed by atoms with Gasteiger partial charge in [0.05, 0.1) is 19.8 Å². The predicted molar refractivity (Wildman–Crippen MR) is 101 cm³/mol. The van der Waals surface area contributed by atoms with E-state index >= 15 is 0 Å². The Morgan fingerprint density at radius 1 is 0.962 bits per heavy atom. The summed E-state index contributed by atoms with van der Waals surface area (Å²) in [6, 6.07) is 14.8. The maximum Gasteiger partial charge on any atom is 0.254 e. The average Bonchev–Trinajstić information content (AvgIpc) is 2.68. The van der Waals surface area contributed by atoms with Crippen LogP contribution in [-0.2, 0) is 9.53 Å². The fraction of sp³-hybridized carbons (Fsp3) is 0.300. The van der Waals surface area contributed by atoms with E-state index in [1.54, 1.807) is 29.2 Å². The van der Waals surface area contributed by atoms with Crippen molar-refractivity contribution in [1.82, 2.24) is 4.90 Å². The molecule has 0 aliphatic carbocycles. The van der Waals surface area contributed by atoms with Crippen LogP contribution in [0, 0.1) is 6.92 Å². The van der Waals surface area contributed by atoms with Crippen molar-refractivity contribution >= 4 is 23.2 Å². The van der Waals surface area contributed by atoms with Gasteiger partial charge in [0.2, 0.25) is 5.91 Å². The Bertz CT molecular complexity index is 751. The summed E-state index contributed by atoms with van der Waals surface area (Å²) in [5, 5.41) is 5.90. The molecule has 0 atom stereocenters. The van der Waals surface area contributed by atoms with E-state index in [-0.39, 0.29) is 18.4 Å². The Morgan fingerprint density at radius 3 is 2.23 bits per heavy atom. The second kappa shape index (κ2) is 8.49. The molecule has 26 heavy (non-hydrogen) atoms. The highest BCUT2D eigenvalue weighted by Crippen LogP contribution is 2.13. The van der Waals surface area contributed by atoms with Gasteiger partial charge in [0, 0.05) is 30.0 Å². The number of ether oxygens (including phenoxy) is 1. The summed E-state index contributed by atoms with van der Waals surface area (Å²) < 4.78 is 5.26. The average molecular weight is 353 g/mol. The van der Waals surface area contributed by atoms with Crippen molar-refractivity contribution in [2.45, 2.75) is 6.92 Å². The van der Waals surface area contributed by atoms with Crippen LogP contribution in [0.15, 0.2) is 48.5 Å². The van der Waals surface area contributed by atoms with Crippen LogP contribution in [0.25, 0.3) is 0 Å². The number of morpholine rings is 1. The molecule has 0 aromatic heterocycles. The largest absolute Gasteiger partial charge is 0.378 e. The molecule has 1 aliphatic heterocycles. The number of rotatable bonds is 5. The maximum atomic E-state index is 12.4. The molecule has 1 saturated heterocycles. The van der Waals surface area contributed by atoms with Gasteiger partial charge in [-0.05, 0) is 43.3 Å². The minimum Gasteiger partial charge on any atom is -0.378 e. The number of benzene rings is 2. The van der Waals surface area contributed by atoms with Crippen molar-refractivity contribution in [3.05, 3.63) is 59.7 Å². The van der Waals surface area contributed by atoms with Gasteiger partial charge < -0.3 is 20.3 Å². The van der Waals surface area contributed by atoms with Gasteiger partial charge in [0.1, 0.15) is 0 Å². The molecule has 0 spiro atoms. The van der Waals surface area contributed by atoms with Crippen molar-refractivity contribution in [3.63, 3.8) is 0 Å². The number of anilines is 2. The van der Waals surface area contributed by atoms with Gasteiger partial charge in [-0.3, -0.25) is 9.59 Å².